The predicted octanol–water partition coefficient (Wildman–Crippen LogP) is 6.58. The number of aryl methyl sites for hydroxylation is 1. The van der Waals surface area contributed by atoms with Gasteiger partial charge in [-0.2, -0.15) is 0 Å². The van der Waals surface area contributed by atoms with E-state index in [0.29, 0.717) is 23.0 Å². The van der Waals surface area contributed by atoms with Gasteiger partial charge in [-0.05, 0) is 114 Å². The standard InChI is InChI=1S/C27H29NO/c1-27-12-10-23-22-7-5-21(29)15-18(22)4-6-24(23)26(27)9-8-25(27)19-3-2-17-11-13-28-16-20(17)14-19/h2-3,5,7,11,13-16,23-26,29H,4,6,8-10,12H2,1H3/t23-,24-,25-,26+,27-/m1/s1. The molecule has 1 heterocycles. The molecule has 2 heteroatoms. The van der Waals surface area contributed by atoms with Gasteiger partial charge >= 0.3 is 0 Å². The minimum absolute atomic E-state index is 0.408. The van der Waals surface area contributed by atoms with Crippen LogP contribution in [-0.2, 0) is 6.42 Å². The van der Waals surface area contributed by atoms with Gasteiger partial charge < -0.3 is 5.11 Å². The summed E-state index contributed by atoms with van der Waals surface area (Å²) in [5, 5.41) is 12.5. The second-order valence-electron chi connectivity index (χ2n) is 9.96. The van der Waals surface area contributed by atoms with E-state index >= 15 is 0 Å². The zero-order chi connectivity index (χ0) is 19.6. The van der Waals surface area contributed by atoms with Gasteiger partial charge in [-0.15, -0.1) is 0 Å². The highest BCUT2D eigenvalue weighted by atomic mass is 16.3. The van der Waals surface area contributed by atoms with Crippen LogP contribution in [0, 0.1) is 17.3 Å². The maximum atomic E-state index is 9.91. The van der Waals surface area contributed by atoms with Crippen molar-refractivity contribution in [1.29, 1.82) is 0 Å². The number of pyridine rings is 1. The van der Waals surface area contributed by atoms with Gasteiger partial charge in [0.1, 0.15) is 5.75 Å². The number of rotatable bonds is 1. The summed E-state index contributed by atoms with van der Waals surface area (Å²) in [4.78, 5) is 4.34. The minimum atomic E-state index is 0.408. The maximum Gasteiger partial charge on any atom is 0.115 e. The van der Waals surface area contributed by atoms with Crippen molar-refractivity contribution in [3.05, 3.63) is 71.5 Å². The molecule has 0 saturated heterocycles. The first-order valence-corrected chi connectivity index (χ1v) is 11.3. The lowest BCUT2D eigenvalue weighted by molar-refractivity contribution is 0.0482. The second kappa shape index (κ2) is 6.32. The minimum Gasteiger partial charge on any atom is -0.508 e. The largest absolute Gasteiger partial charge is 0.508 e. The first kappa shape index (κ1) is 17.5. The van der Waals surface area contributed by atoms with Crippen molar-refractivity contribution in [2.45, 2.75) is 57.3 Å². The summed E-state index contributed by atoms with van der Waals surface area (Å²) in [6.07, 6.45) is 11.6. The van der Waals surface area contributed by atoms with Gasteiger partial charge in [0, 0.05) is 17.8 Å². The third kappa shape index (κ3) is 2.57. The van der Waals surface area contributed by atoms with Crippen molar-refractivity contribution >= 4 is 10.8 Å². The predicted molar refractivity (Wildman–Crippen MR) is 117 cm³/mol. The van der Waals surface area contributed by atoms with E-state index < -0.39 is 0 Å². The zero-order valence-corrected chi connectivity index (χ0v) is 17.1. The summed E-state index contributed by atoms with van der Waals surface area (Å²) in [5.41, 5.74) is 4.86. The topological polar surface area (TPSA) is 33.1 Å². The lowest BCUT2D eigenvalue weighted by atomic mass is 9.53. The third-order valence-electron chi connectivity index (χ3n) is 8.78. The molecule has 3 aliphatic carbocycles. The van der Waals surface area contributed by atoms with E-state index in [1.54, 1.807) is 0 Å². The van der Waals surface area contributed by atoms with E-state index in [2.05, 4.69) is 42.2 Å². The Hall–Kier alpha value is -2.35. The molecular formula is C27H29NO. The molecule has 1 aromatic heterocycles. The summed E-state index contributed by atoms with van der Waals surface area (Å²) in [6.45, 7) is 2.59. The highest BCUT2D eigenvalue weighted by Crippen LogP contribution is 2.65. The van der Waals surface area contributed by atoms with Crippen LogP contribution in [0.4, 0.5) is 0 Å². The summed E-state index contributed by atoms with van der Waals surface area (Å²) >= 11 is 0. The van der Waals surface area contributed by atoms with Crippen LogP contribution in [0.15, 0.2) is 54.9 Å². The van der Waals surface area contributed by atoms with Crippen LogP contribution in [0.2, 0.25) is 0 Å². The van der Waals surface area contributed by atoms with E-state index in [1.807, 2.05) is 24.5 Å². The normalized spacial score (nSPS) is 33.1. The molecule has 5 atom stereocenters. The molecule has 2 nitrogen and oxygen atoms in total. The molecule has 6 rings (SSSR count). The van der Waals surface area contributed by atoms with Gasteiger partial charge in [0.25, 0.3) is 0 Å². The fourth-order valence-corrected chi connectivity index (χ4v) is 7.44. The Morgan fingerprint density at radius 3 is 2.83 bits per heavy atom. The third-order valence-corrected chi connectivity index (χ3v) is 8.78. The van der Waals surface area contributed by atoms with Gasteiger partial charge in [-0.25, -0.2) is 0 Å². The Morgan fingerprint density at radius 1 is 0.966 bits per heavy atom. The average molecular weight is 384 g/mol. The number of benzene rings is 2. The Kier molecular flexibility index (Phi) is 3.82. The molecular weight excluding hydrogens is 354 g/mol. The van der Waals surface area contributed by atoms with Crippen molar-refractivity contribution in [1.82, 2.24) is 4.98 Å². The van der Waals surface area contributed by atoms with Gasteiger partial charge in [-0.3, -0.25) is 4.98 Å². The molecule has 0 spiro atoms. The molecule has 3 aliphatic rings. The van der Waals surface area contributed by atoms with E-state index in [4.69, 9.17) is 0 Å². The molecule has 1 N–H and O–H groups in total. The molecule has 0 amide bonds. The average Bonchev–Trinajstić information content (AvgIpc) is 3.10. The fraction of sp³-hybridized carbons (Fsp3) is 0.444. The molecule has 3 aromatic rings. The highest BCUT2D eigenvalue weighted by molar-refractivity contribution is 5.82. The van der Waals surface area contributed by atoms with E-state index in [1.165, 1.54) is 59.6 Å². The molecule has 2 fully saturated rings. The van der Waals surface area contributed by atoms with E-state index in [-0.39, 0.29) is 0 Å². The van der Waals surface area contributed by atoms with Crippen molar-refractivity contribution in [3.8, 4) is 5.75 Å². The van der Waals surface area contributed by atoms with Gasteiger partial charge in [0.2, 0.25) is 0 Å². The molecule has 2 saturated carbocycles. The first-order valence-electron chi connectivity index (χ1n) is 11.3. The molecule has 0 aliphatic heterocycles. The van der Waals surface area contributed by atoms with Crippen LogP contribution in [-0.4, -0.2) is 10.1 Å². The van der Waals surface area contributed by atoms with Crippen molar-refractivity contribution in [3.63, 3.8) is 0 Å². The van der Waals surface area contributed by atoms with Crippen LogP contribution in [0.3, 0.4) is 0 Å². The number of phenolic OH excluding ortho intramolecular Hbond substituents is 1. The summed E-state index contributed by atoms with van der Waals surface area (Å²) < 4.78 is 0. The Labute approximate surface area is 173 Å². The van der Waals surface area contributed by atoms with Crippen LogP contribution in [0.25, 0.3) is 10.8 Å². The summed E-state index contributed by atoms with van der Waals surface area (Å²) in [7, 11) is 0. The Morgan fingerprint density at radius 2 is 1.90 bits per heavy atom. The quantitative estimate of drug-likeness (QED) is 0.515. The van der Waals surface area contributed by atoms with E-state index in [9.17, 15) is 5.11 Å². The number of nitrogens with zero attached hydrogens (tertiary/aromatic N) is 1. The van der Waals surface area contributed by atoms with Gasteiger partial charge in [-0.1, -0.05) is 25.1 Å². The number of fused-ring (bicyclic) bond motifs is 6. The highest BCUT2D eigenvalue weighted by Gasteiger charge is 2.54. The second-order valence-corrected chi connectivity index (χ2v) is 9.96. The van der Waals surface area contributed by atoms with Crippen molar-refractivity contribution in [2.24, 2.45) is 17.3 Å². The van der Waals surface area contributed by atoms with Crippen LogP contribution in [0.5, 0.6) is 5.75 Å². The monoisotopic (exact) mass is 383 g/mol. The van der Waals surface area contributed by atoms with Crippen LogP contribution < -0.4 is 0 Å². The lowest BCUT2D eigenvalue weighted by Gasteiger charge is -2.51. The number of hydrogen-bond donors (Lipinski definition) is 1. The number of phenols is 1. The van der Waals surface area contributed by atoms with Crippen molar-refractivity contribution in [2.75, 3.05) is 0 Å². The molecule has 148 valence electrons. The molecule has 2 aromatic carbocycles. The van der Waals surface area contributed by atoms with Gasteiger partial charge in [0.15, 0.2) is 0 Å². The number of aromatic hydroxyl groups is 1. The van der Waals surface area contributed by atoms with Crippen molar-refractivity contribution < 1.29 is 5.11 Å². The maximum absolute atomic E-state index is 9.91. The van der Waals surface area contributed by atoms with Crippen LogP contribution >= 0.6 is 0 Å². The Balaban J connectivity index is 1.34. The SMILES string of the molecule is C[C@]12CC[C@@H]3c4ccc(O)cc4CC[C@H]3[C@@H]1CC[C@@H]2c1ccc2ccncc2c1. The molecule has 0 radical (unpaired) electrons. The fourth-order valence-electron chi connectivity index (χ4n) is 7.44. The van der Waals surface area contributed by atoms with Crippen LogP contribution in [0.1, 0.15) is 67.6 Å². The van der Waals surface area contributed by atoms with E-state index in [0.717, 1.165) is 18.3 Å². The summed E-state index contributed by atoms with van der Waals surface area (Å²) in [5.74, 6) is 3.40. The zero-order valence-electron chi connectivity index (χ0n) is 17.1. The smallest absolute Gasteiger partial charge is 0.115 e. The molecule has 29 heavy (non-hydrogen) atoms. The number of hydrogen-bond acceptors (Lipinski definition) is 2. The number of aromatic nitrogens is 1. The molecule has 0 unspecified atom stereocenters. The first-order chi connectivity index (χ1) is 14.1. The summed E-state index contributed by atoms with van der Waals surface area (Å²) in [6, 6.07) is 15.3. The van der Waals surface area contributed by atoms with Gasteiger partial charge in [0.05, 0.1) is 0 Å². The lowest BCUT2D eigenvalue weighted by Crippen LogP contribution is -2.41. The molecule has 0 bridgehead atoms. The Bertz CT molecular complexity index is 1090.